The number of ketones is 1. The summed E-state index contributed by atoms with van der Waals surface area (Å²) < 4.78 is 15.7. The van der Waals surface area contributed by atoms with Gasteiger partial charge >= 0.3 is 0 Å². The molecule has 0 saturated heterocycles. The van der Waals surface area contributed by atoms with E-state index in [2.05, 4.69) is 0 Å². The first-order chi connectivity index (χ1) is 12.0. The molecule has 0 aliphatic heterocycles. The van der Waals surface area contributed by atoms with Crippen LogP contribution in [0.2, 0.25) is 0 Å². The van der Waals surface area contributed by atoms with Crippen molar-refractivity contribution in [3.63, 3.8) is 0 Å². The van der Waals surface area contributed by atoms with Crippen molar-refractivity contribution in [2.24, 2.45) is 5.73 Å². The molecule has 0 aliphatic carbocycles. The fourth-order valence-corrected chi connectivity index (χ4v) is 2.26. The molecule has 0 unspecified atom stereocenters. The highest BCUT2D eigenvalue weighted by Crippen LogP contribution is 2.34. The summed E-state index contributed by atoms with van der Waals surface area (Å²) >= 11 is 0. The highest BCUT2D eigenvalue weighted by Gasteiger charge is 2.18. The Morgan fingerprint density at radius 3 is 1.92 bits per heavy atom. The van der Waals surface area contributed by atoms with Gasteiger partial charge in [0.2, 0.25) is 5.91 Å². The third-order valence-electron chi connectivity index (χ3n) is 3.58. The number of hydrogen-bond acceptors (Lipinski definition) is 5. The van der Waals surface area contributed by atoms with Crippen LogP contribution in [0.15, 0.2) is 42.5 Å². The molecular formula is C19H19NO5. The van der Waals surface area contributed by atoms with E-state index >= 15 is 0 Å². The van der Waals surface area contributed by atoms with Crippen LogP contribution in [0, 0.1) is 0 Å². The maximum atomic E-state index is 12.6. The summed E-state index contributed by atoms with van der Waals surface area (Å²) in [6.45, 7) is 0. The van der Waals surface area contributed by atoms with Crippen molar-refractivity contribution in [2.45, 2.75) is 0 Å². The first kappa shape index (κ1) is 18.1. The first-order valence-corrected chi connectivity index (χ1v) is 7.42. The second-order valence-corrected chi connectivity index (χ2v) is 5.09. The monoisotopic (exact) mass is 341 g/mol. The molecule has 2 rings (SSSR count). The highest BCUT2D eigenvalue weighted by atomic mass is 16.5. The third kappa shape index (κ3) is 4.17. The fourth-order valence-electron chi connectivity index (χ4n) is 2.26. The number of nitrogens with two attached hydrogens (primary N) is 1. The van der Waals surface area contributed by atoms with Gasteiger partial charge in [0.05, 0.1) is 21.3 Å². The summed E-state index contributed by atoms with van der Waals surface area (Å²) in [6.07, 6.45) is 3.04. The SMILES string of the molecule is COc1cc(OC)c(C(=O)/C=C/c2ccc(C(N)=O)cc2)c(OC)c1. The van der Waals surface area contributed by atoms with Gasteiger partial charge in [-0.1, -0.05) is 18.2 Å². The maximum absolute atomic E-state index is 12.6. The Bertz CT molecular complexity index is 784. The molecule has 0 heterocycles. The van der Waals surface area contributed by atoms with Gasteiger partial charge in [0.25, 0.3) is 0 Å². The van der Waals surface area contributed by atoms with Gasteiger partial charge in [0.15, 0.2) is 5.78 Å². The number of benzene rings is 2. The van der Waals surface area contributed by atoms with Crippen molar-refractivity contribution in [3.05, 3.63) is 59.2 Å². The van der Waals surface area contributed by atoms with Crippen LogP contribution in [-0.2, 0) is 0 Å². The van der Waals surface area contributed by atoms with Gasteiger partial charge in [-0.3, -0.25) is 9.59 Å². The molecule has 0 aliphatic rings. The summed E-state index contributed by atoms with van der Waals surface area (Å²) in [4.78, 5) is 23.7. The summed E-state index contributed by atoms with van der Waals surface area (Å²) in [7, 11) is 4.46. The van der Waals surface area contributed by atoms with E-state index < -0.39 is 5.91 Å². The Labute approximate surface area is 145 Å². The fraction of sp³-hybridized carbons (Fsp3) is 0.158. The molecule has 2 aromatic rings. The first-order valence-electron chi connectivity index (χ1n) is 7.42. The Hall–Kier alpha value is -3.28. The van der Waals surface area contributed by atoms with E-state index in [9.17, 15) is 9.59 Å². The van der Waals surface area contributed by atoms with Crippen LogP contribution in [0.3, 0.4) is 0 Å². The van der Waals surface area contributed by atoms with Crippen LogP contribution in [-0.4, -0.2) is 33.0 Å². The van der Waals surface area contributed by atoms with E-state index in [1.54, 1.807) is 42.5 Å². The van der Waals surface area contributed by atoms with E-state index in [1.807, 2.05) is 0 Å². The van der Waals surface area contributed by atoms with E-state index in [0.717, 1.165) is 5.56 Å². The minimum absolute atomic E-state index is 0.282. The Balaban J connectivity index is 2.32. The van der Waals surface area contributed by atoms with Crippen molar-refractivity contribution in [2.75, 3.05) is 21.3 Å². The van der Waals surface area contributed by atoms with Crippen LogP contribution >= 0.6 is 0 Å². The highest BCUT2D eigenvalue weighted by molar-refractivity contribution is 6.10. The smallest absolute Gasteiger partial charge is 0.248 e. The van der Waals surface area contributed by atoms with Gasteiger partial charge in [-0.05, 0) is 23.8 Å². The number of ether oxygens (including phenoxy) is 3. The predicted octanol–water partition coefficient (Wildman–Crippen LogP) is 2.71. The average molecular weight is 341 g/mol. The molecule has 2 aromatic carbocycles. The summed E-state index contributed by atoms with van der Waals surface area (Å²) in [5, 5.41) is 0. The molecule has 2 N–H and O–H groups in total. The largest absolute Gasteiger partial charge is 0.496 e. The summed E-state index contributed by atoms with van der Waals surface area (Å²) in [5.74, 6) is 0.454. The lowest BCUT2D eigenvalue weighted by atomic mass is 10.1. The third-order valence-corrected chi connectivity index (χ3v) is 3.58. The number of hydrogen-bond donors (Lipinski definition) is 1. The van der Waals surface area contributed by atoms with Crippen LogP contribution < -0.4 is 19.9 Å². The van der Waals surface area contributed by atoms with Crippen molar-refractivity contribution < 1.29 is 23.8 Å². The topological polar surface area (TPSA) is 87.9 Å². The number of amides is 1. The summed E-state index contributed by atoms with van der Waals surface area (Å²) in [6, 6.07) is 9.83. The molecular weight excluding hydrogens is 322 g/mol. The van der Waals surface area contributed by atoms with Crippen LogP contribution in [0.5, 0.6) is 17.2 Å². The predicted molar refractivity (Wildman–Crippen MR) is 94.4 cm³/mol. The van der Waals surface area contributed by atoms with E-state index in [0.29, 0.717) is 28.4 Å². The summed E-state index contributed by atoms with van der Waals surface area (Å²) in [5.41, 5.74) is 6.66. The van der Waals surface area contributed by atoms with Gasteiger partial charge in [0.1, 0.15) is 22.8 Å². The molecule has 0 aromatic heterocycles. The zero-order valence-electron chi connectivity index (χ0n) is 14.2. The van der Waals surface area contributed by atoms with Gasteiger partial charge in [-0.15, -0.1) is 0 Å². The second-order valence-electron chi connectivity index (χ2n) is 5.09. The zero-order valence-corrected chi connectivity index (χ0v) is 14.2. The van der Waals surface area contributed by atoms with Gasteiger partial charge < -0.3 is 19.9 Å². The van der Waals surface area contributed by atoms with Crippen LogP contribution in [0.4, 0.5) is 0 Å². The lowest BCUT2D eigenvalue weighted by Crippen LogP contribution is -2.10. The quantitative estimate of drug-likeness (QED) is 0.618. The molecule has 0 saturated carbocycles. The minimum Gasteiger partial charge on any atom is -0.496 e. The average Bonchev–Trinajstić information content (AvgIpc) is 2.65. The minimum atomic E-state index is -0.501. The number of carbonyl (C=O) groups is 2. The van der Waals surface area contributed by atoms with Gasteiger partial charge in [0, 0.05) is 17.7 Å². The van der Waals surface area contributed by atoms with E-state index in [4.69, 9.17) is 19.9 Å². The van der Waals surface area contributed by atoms with Gasteiger partial charge in [-0.2, -0.15) is 0 Å². The molecule has 130 valence electrons. The number of methoxy groups -OCH3 is 3. The van der Waals surface area contributed by atoms with E-state index in [-0.39, 0.29) is 5.78 Å². The van der Waals surface area contributed by atoms with Crippen molar-refractivity contribution >= 4 is 17.8 Å². The number of rotatable bonds is 7. The number of primary amides is 1. The van der Waals surface area contributed by atoms with Crippen LogP contribution in [0.25, 0.3) is 6.08 Å². The zero-order chi connectivity index (χ0) is 18.4. The molecule has 0 bridgehead atoms. The lowest BCUT2D eigenvalue weighted by Gasteiger charge is -2.13. The number of allylic oxidation sites excluding steroid dienone is 1. The van der Waals surface area contributed by atoms with Crippen LogP contribution in [0.1, 0.15) is 26.3 Å². The molecule has 6 nitrogen and oxygen atoms in total. The molecule has 6 heteroatoms. The van der Waals surface area contributed by atoms with Crippen molar-refractivity contribution in [3.8, 4) is 17.2 Å². The molecule has 1 amide bonds. The molecule has 25 heavy (non-hydrogen) atoms. The molecule has 0 fully saturated rings. The second kappa shape index (κ2) is 8.01. The standard InChI is InChI=1S/C19H19NO5/c1-23-14-10-16(24-2)18(17(11-14)25-3)15(21)9-6-12-4-7-13(8-5-12)19(20)22/h4-11H,1-3H3,(H2,20,22)/b9-6+. The molecule has 0 radical (unpaired) electrons. The van der Waals surface area contributed by atoms with Gasteiger partial charge in [-0.25, -0.2) is 0 Å². The maximum Gasteiger partial charge on any atom is 0.248 e. The Morgan fingerprint density at radius 1 is 0.920 bits per heavy atom. The molecule has 0 spiro atoms. The number of carbonyl (C=O) groups excluding carboxylic acids is 2. The normalized spacial score (nSPS) is 10.5. The Kier molecular flexibility index (Phi) is 5.79. The lowest BCUT2D eigenvalue weighted by molar-refractivity contribution is 0.0998. The van der Waals surface area contributed by atoms with E-state index in [1.165, 1.54) is 27.4 Å². The molecule has 0 atom stereocenters. The van der Waals surface area contributed by atoms with Crippen molar-refractivity contribution in [1.29, 1.82) is 0 Å². The Morgan fingerprint density at radius 2 is 1.48 bits per heavy atom. The van der Waals surface area contributed by atoms with Crippen molar-refractivity contribution in [1.82, 2.24) is 0 Å².